The summed E-state index contributed by atoms with van der Waals surface area (Å²) < 4.78 is 0. The average molecular weight is 274 g/mol. The van der Waals surface area contributed by atoms with Gasteiger partial charge in [0.15, 0.2) is 0 Å². The van der Waals surface area contributed by atoms with Crippen LogP contribution in [0.5, 0.6) is 0 Å². The number of hydrogen-bond acceptors (Lipinski definition) is 3. The number of aliphatic hydroxyl groups excluding tert-OH is 1. The van der Waals surface area contributed by atoms with E-state index in [1.54, 1.807) is 4.90 Å². The minimum absolute atomic E-state index is 0.0191. The number of nitrogens with zero attached hydrogens (tertiary/aromatic N) is 1. The van der Waals surface area contributed by atoms with E-state index in [1.807, 2.05) is 25.2 Å². The van der Waals surface area contributed by atoms with Gasteiger partial charge < -0.3 is 15.3 Å². The number of carbonyl (C=O) groups is 1. The number of nitrogens with one attached hydrogen (secondary N) is 1. The highest BCUT2D eigenvalue weighted by molar-refractivity contribution is 5.95. The van der Waals surface area contributed by atoms with Gasteiger partial charge in [0.05, 0.1) is 12.1 Å². The number of anilines is 1. The van der Waals surface area contributed by atoms with Gasteiger partial charge in [-0.3, -0.25) is 4.79 Å². The number of benzene rings is 1. The van der Waals surface area contributed by atoms with Gasteiger partial charge in [0.2, 0.25) is 0 Å². The Hall–Kier alpha value is -1.55. The van der Waals surface area contributed by atoms with Crippen molar-refractivity contribution in [3.05, 3.63) is 29.3 Å². The number of hydrogen-bond donors (Lipinski definition) is 2. The Kier molecular flexibility index (Phi) is 3.66. The van der Waals surface area contributed by atoms with E-state index in [0.29, 0.717) is 0 Å². The van der Waals surface area contributed by atoms with Crippen LogP contribution in [0.3, 0.4) is 0 Å². The van der Waals surface area contributed by atoms with E-state index in [0.717, 1.165) is 49.9 Å². The lowest BCUT2D eigenvalue weighted by Gasteiger charge is -2.35. The molecule has 2 unspecified atom stereocenters. The lowest BCUT2D eigenvalue weighted by molar-refractivity contribution is 0.0268. The van der Waals surface area contributed by atoms with E-state index < -0.39 is 0 Å². The van der Waals surface area contributed by atoms with E-state index in [-0.39, 0.29) is 18.1 Å². The van der Waals surface area contributed by atoms with Gasteiger partial charge >= 0.3 is 0 Å². The second-order valence-electron chi connectivity index (χ2n) is 5.88. The molecule has 2 N–H and O–H groups in total. The molecular formula is C16H22N2O2. The normalized spacial score (nSPS) is 24.9. The molecule has 1 fully saturated rings. The zero-order chi connectivity index (χ0) is 14.1. The highest BCUT2D eigenvalue weighted by Gasteiger charge is 2.30. The van der Waals surface area contributed by atoms with Crippen molar-refractivity contribution in [3.63, 3.8) is 0 Å². The van der Waals surface area contributed by atoms with Gasteiger partial charge in [0.25, 0.3) is 5.91 Å². The Morgan fingerprint density at radius 3 is 2.95 bits per heavy atom. The molecule has 0 aromatic heterocycles. The molecule has 2 atom stereocenters. The first-order valence-corrected chi connectivity index (χ1v) is 7.49. The third-order valence-electron chi connectivity index (χ3n) is 4.57. The standard InChI is InChI=1S/C16H22N2O2/c1-18(14-4-2-3-5-15(14)19)16(20)12-6-7-13-11(10-12)8-9-17-13/h6-7,10,14-15,17,19H,2-5,8-9H2,1H3. The van der Waals surface area contributed by atoms with Crippen LogP contribution in [0, 0.1) is 0 Å². The van der Waals surface area contributed by atoms with Gasteiger partial charge in [-0.2, -0.15) is 0 Å². The van der Waals surface area contributed by atoms with Crippen LogP contribution >= 0.6 is 0 Å². The number of carbonyl (C=O) groups excluding carboxylic acids is 1. The molecule has 20 heavy (non-hydrogen) atoms. The van der Waals surface area contributed by atoms with Crippen LogP contribution in [-0.4, -0.2) is 41.7 Å². The Balaban J connectivity index is 1.77. The molecule has 4 nitrogen and oxygen atoms in total. The molecule has 1 heterocycles. The summed E-state index contributed by atoms with van der Waals surface area (Å²) in [4.78, 5) is 14.3. The summed E-state index contributed by atoms with van der Waals surface area (Å²) in [5.74, 6) is 0.0191. The van der Waals surface area contributed by atoms with Crippen molar-refractivity contribution in [1.29, 1.82) is 0 Å². The number of fused-ring (bicyclic) bond motifs is 1. The predicted octanol–water partition coefficient (Wildman–Crippen LogP) is 2.03. The maximum absolute atomic E-state index is 12.6. The predicted molar refractivity (Wildman–Crippen MR) is 79.0 cm³/mol. The minimum Gasteiger partial charge on any atom is -0.391 e. The molecule has 1 amide bonds. The van der Waals surface area contributed by atoms with Crippen LogP contribution in [0.1, 0.15) is 41.6 Å². The van der Waals surface area contributed by atoms with Crippen molar-refractivity contribution in [3.8, 4) is 0 Å². The molecule has 4 heteroatoms. The summed E-state index contributed by atoms with van der Waals surface area (Å²) in [7, 11) is 1.81. The Bertz CT molecular complexity index is 515. The molecule has 0 spiro atoms. The summed E-state index contributed by atoms with van der Waals surface area (Å²) in [5, 5.41) is 13.4. The van der Waals surface area contributed by atoms with Gasteiger partial charge in [-0.1, -0.05) is 12.8 Å². The number of likely N-dealkylation sites (N-methyl/N-ethyl adjacent to an activating group) is 1. The lowest BCUT2D eigenvalue weighted by Crippen LogP contribution is -2.46. The fraction of sp³-hybridized carbons (Fsp3) is 0.562. The van der Waals surface area contributed by atoms with Crippen LogP contribution < -0.4 is 5.32 Å². The minimum atomic E-state index is -0.381. The highest BCUT2D eigenvalue weighted by atomic mass is 16.3. The summed E-state index contributed by atoms with van der Waals surface area (Å²) in [5.41, 5.74) is 3.09. The fourth-order valence-electron chi connectivity index (χ4n) is 3.34. The van der Waals surface area contributed by atoms with Crippen LogP contribution in [0.2, 0.25) is 0 Å². The first-order chi connectivity index (χ1) is 9.66. The smallest absolute Gasteiger partial charge is 0.253 e. The van der Waals surface area contributed by atoms with Crippen LogP contribution in [0.4, 0.5) is 5.69 Å². The first-order valence-electron chi connectivity index (χ1n) is 7.49. The Labute approximate surface area is 119 Å². The molecule has 3 rings (SSSR count). The van der Waals surface area contributed by atoms with Crippen LogP contribution in [0.15, 0.2) is 18.2 Å². The number of rotatable bonds is 2. The molecule has 1 aliphatic carbocycles. The van der Waals surface area contributed by atoms with Gasteiger partial charge in [0, 0.05) is 24.8 Å². The van der Waals surface area contributed by atoms with Gasteiger partial charge in [-0.25, -0.2) is 0 Å². The van der Waals surface area contributed by atoms with Crippen molar-refractivity contribution in [2.75, 3.05) is 18.9 Å². The number of aliphatic hydroxyl groups is 1. The SMILES string of the molecule is CN(C(=O)c1ccc2c(c1)CCN2)C1CCCCC1O. The van der Waals surface area contributed by atoms with Crippen molar-refractivity contribution in [2.24, 2.45) is 0 Å². The van der Waals surface area contributed by atoms with E-state index >= 15 is 0 Å². The van der Waals surface area contributed by atoms with Gasteiger partial charge in [0.1, 0.15) is 0 Å². The van der Waals surface area contributed by atoms with E-state index in [9.17, 15) is 9.90 Å². The molecule has 0 saturated heterocycles. The quantitative estimate of drug-likeness (QED) is 0.867. The third-order valence-corrected chi connectivity index (χ3v) is 4.57. The molecule has 2 aliphatic rings. The largest absolute Gasteiger partial charge is 0.391 e. The maximum Gasteiger partial charge on any atom is 0.253 e. The average Bonchev–Trinajstić information content (AvgIpc) is 2.93. The summed E-state index contributed by atoms with van der Waals surface area (Å²) >= 11 is 0. The summed E-state index contributed by atoms with van der Waals surface area (Å²) in [6.07, 6.45) is 4.45. The molecule has 1 aliphatic heterocycles. The molecule has 1 saturated carbocycles. The van der Waals surface area contributed by atoms with Gasteiger partial charge in [-0.15, -0.1) is 0 Å². The molecule has 108 valence electrons. The molecule has 0 bridgehead atoms. The zero-order valence-electron chi connectivity index (χ0n) is 11.9. The van der Waals surface area contributed by atoms with E-state index in [2.05, 4.69) is 5.32 Å². The molecule has 1 aromatic rings. The Morgan fingerprint density at radius 2 is 2.15 bits per heavy atom. The van der Waals surface area contributed by atoms with E-state index in [1.165, 1.54) is 5.56 Å². The second-order valence-corrected chi connectivity index (χ2v) is 5.88. The highest BCUT2D eigenvalue weighted by Crippen LogP contribution is 2.26. The Morgan fingerprint density at radius 1 is 1.35 bits per heavy atom. The molecule has 0 radical (unpaired) electrons. The van der Waals surface area contributed by atoms with Crippen molar-refractivity contribution in [1.82, 2.24) is 4.90 Å². The van der Waals surface area contributed by atoms with Crippen molar-refractivity contribution in [2.45, 2.75) is 44.2 Å². The molecular weight excluding hydrogens is 252 g/mol. The van der Waals surface area contributed by atoms with E-state index in [4.69, 9.17) is 0 Å². The summed E-state index contributed by atoms with van der Waals surface area (Å²) in [6, 6.07) is 5.82. The van der Waals surface area contributed by atoms with Crippen LogP contribution in [0.25, 0.3) is 0 Å². The lowest BCUT2D eigenvalue weighted by atomic mass is 9.91. The van der Waals surface area contributed by atoms with Crippen LogP contribution in [-0.2, 0) is 6.42 Å². The summed E-state index contributed by atoms with van der Waals surface area (Å²) in [6.45, 7) is 0.949. The van der Waals surface area contributed by atoms with Crippen molar-refractivity contribution < 1.29 is 9.90 Å². The zero-order valence-corrected chi connectivity index (χ0v) is 11.9. The van der Waals surface area contributed by atoms with Crippen molar-refractivity contribution >= 4 is 11.6 Å². The second kappa shape index (κ2) is 5.44. The topological polar surface area (TPSA) is 52.6 Å². The maximum atomic E-state index is 12.6. The fourth-order valence-corrected chi connectivity index (χ4v) is 3.34. The monoisotopic (exact) mass is 274 g/mol. The number of amides is 1. The van der Waals surface area contributed by atoms with Gasteiger partial charge in [-0.05, 0) is 43.0 Å². The molecule has 1 aromatic carbocycles. The third kappa shape index (κ3) is 2.40. The first kappa shape index (κ1) is 13.4.